The van der Waals surface area contributed by atoms with Gasteiger partial charge < -0.3 is 5.32 Å². The van der Waals surface area contributed by atoms with E-state index in [0.29, 0.717) is 26.9 Å². The molecule has 0 fully saturated rings. The lowest BCUT2D eigenvalue weighted by molar-refractivity contribution is -0.114. The van der Waals surface area contributed by atoms with Gasteiger partial charge in [0.15, 0.2) is 5.78 Å². The first-order chi connectivity index (χ1) is 9.47. The third kappa shape index (κ3) is 1.94. The van der Waals surface area contributed by atoms with E-state index in [1.807, 2.05) is 0 Å². The number of ketones is 1. The Bertz CT molecular complexity index is 771. The normalized spacial score (nSPS) is 12.1. The fourth-order valence-electron chi connectivity index (χ4n) is 2.35. The van der Waals surface area contributed by atoms with Crippen molar-refractivity contribution in [2.45, 2.75) is 6.92 Å². The predicted molar refractivity (Wildman–Crippen MR) is 77.3 cm³/mol. The molecule has 20 heavy (non-hydrogen) atoms. The van der Waals surface area contributed by atoms with Crippen LogP contribution in [0.15, 0.2) is 34.8 Å². The van der Waals surface area contributed by atoms with Crippen LogP contribution in [0.5, 0.6) is 0 Å². The second-order valence-electron chi connectivity index (χ2n) is 4.58. The number of halogens is 2. The molecule has 1 aliphatic carbocycles. The van der Waals surface area contributed by atoms with Crippen molar-refractivity contribution >= 4 is 33.3 Å². The standard InChI is InChI=1S/C15H9BrFNO2/c1-7(19)18-14-6-12-10(5-13(14)16)9-3-2-8(17)4-11(9)15(12)20/h2-6H,1H3,(H,18,19). The summed E-state index contributed by atoms with van der Waals surface area (Å²) in [4.78, 5) is 23.4. The third-order valence-electron chi connectivity index (χ3n) is 3.18. The average molecular weight is 334 g/mol. The highest BCUT2D eigenvalue weighted by atomic mass is 79.9. The Kier molecular flexibility index (Phi) is 2.94. The van der Waals surface area contributed by atoms with Gasteiger partial charge >= 0.3 is 0 Å². The van der Waals surface area contributed by atoms with Gasteiger partial charge in [0.05, 0.1) is 5.69 Å². The Morgan fingerprint density at radius 3 is 2.50 bits per heavy atom. The van der Waals surface area contributed by atoms with E-state index in [4.69, 9.17) is 0 Å². The number of fused-ring (bicyclic) bond motifs is 3. The van der Waals surface area contributed by atoms with Crippen molar-refractivity contribution in [1.82, 2.24) is 0 Å². The number of carbonyl (C=O) groups is 2. The minimum Gasteiger partial charge on any atom is -0.325 e. The summed E-state index contributed by atoms with van der Waals surface area (Å²) in [7, 11) is 0. The molecule has 0 saturated carbocycles. The number of benzene rings is 2. The highest BCUT2D eigenvalue weighted by molar-refractivity contribution is 9.10. The molecule has 0 heterocycles. The van der Waals surface area contributed by atoms with Gasteiger partial charge in [-0.1, -0.05) is 6.07 Å². The summed E-state index contributed by atoms with van der Waals surface area (Å²) in [5, 5.41) is 2.65. The minimum atomic E-state index is -0.439. The molecule has 0 aromatic heterocycles. The summed E-state index contributed by atoms with van der Waals surface area (Å²) in [6.45, 7) is 1.39. The van der Waals surface area contributed by atoms with Crippen LogP contribution in [0.1, 0.15) is 22.8 Å². The maximum absolute atomic E-state index is 13.3. The Labute approximate surface area is 122 Å². The van der Waals surface area contributed by atoms with Gasteiger partial charge in [0.2, 0.25) is 5.91 Å². The van der Waals surface area contributed by atoms with Gasteiger partial charge in [0.1, 0.15) is 5.82 Å². The maximum atomic E-state index is 13.3. The zero-order chi connectivity index (χ0) is 14.4. The molecule has 0 atom stereocenters. The second kappa shape index (κ2) is 4.52. The smallest absolute Gasteiger partial charge is 0.221 e. The highest BCUT2D eigenvalue weighted by Gasteiger charge is 2.28. The summed E-state index contributed by atoms with van der Waals surface area (Å²) < 4.78 is 13.9. The second-order valence-corrected chi connectivity index (χ2v) is 5.43. The van der Waals surface area contributed by atoms with Crippen LogP contribution in [-0.4, -0.2) is 11.7 Å². The molecular weight excluding hydrogens is 325 g/mol. The van der Waals surface area contributed by atoms with Crippen molar-refractivity contribution in [3.8, 4) is 11.1 Å². The Morgan fingerprint density at radius 1 is 1.10 bits per heavy atom. The molecule has 0 bridgehead atoms. The van der Waals surface area contributed by atoms with E-state index in [0.717, 1.165) is 5.56 Å². The Morgan fingerprint density at radius 2 is 1.80 bits per heavy atom. The first-order valence-electron chi connectivity index (χ1n) is 5.93. The lowest BCUT2D eigenvalue weighted by Crippen LogP contribution is -2.07. The van der Waals surface area contributed by atoms with Crippen molar-refractivity contribution in [2.75, 3.05) is 5.32 Å². The van der Waals surface area contributed by atoms with Crippen molar-refractivity contribution in [2.24, 2.45) is 0 Å². The fraction of sp³-hybridized carbons (Fsp3) is 0.0667. The van der Waals surface area contributed by atoms with E-state index in [1.54, 1.807) is 18.2 Å². The number of nitrogens with one attached hydrogen (secondary N) is 1. The third-order valence-corrected chi connectivity index (χ3v) is 3.84. The molecular formula is C15H9BrFNO2. The zero-order valence-electron chi connectivity index (χ0n) is 10.5. The first kappa shape index (κ1) is 13.0. The van der Waals surface area contributed by atoms with Gasteiger partial charge in [-0.25, -0.2) is 4.39 Å². The summed E-state index contributed by atoms with van der Waals surface area (Å²) in [5.41, 5.74) is 2.80. The molecule has 1 aliphatic rings. The van der Waals surface area contributed by atoms with Gasteiger partial charge in [-0.05, 0) is 51.3 Å². The molecule has 0 saturated heterocycles. The van der Waals surface area contributed by atoms with Crippen molar-refractivity contribution in [3.05, 3.63) is 51.7 Å². The lowest BCUT2D eigenvalue weighted by atomic mass is 10.1. The lowest BCUT2D eigenvalue weighted by Gasteiger charge is -2.08. The van der Waals surface area contributed by atoms with Crippen molar-refractivity contribution in [3.63, 3.8) is 0 Å². The molecule has 5 heteroatoms. The fourth-order valence-corrected chi connectivity index (χ4v) is 2.80. The molecule has 2 aromatic rings. The van der Waals surface area contributed by atoms with Crippen LogP contribution in [0, 0.1) is 5.82 Å². The molecule has 3 nitrogen and oxygen atoms in total. The SMILES string of the molecule is CC(=O)Nc1cc2c(cc1Br)-c1ccc(F)cc1C2=O. The van der Waals surface area contributed by atoms with Gasteiger partial charge in [-0.2, -0.15) is 0 Å². The molecule has 0 radical (unpaired) electrons. The molecule has 2 aromatic carbocycles. The summed E-state index contributed by atoms with van der Waals surface area (Å²) in [6.07, 6.45) is 0. The van der Waals surface area contributed by atoms with E-state index >= 15 is 0 Å². The number of amides is 1. The van der Waals surface area contributed by atoms with Gasteiger partial charge in [0, 0.05) is 22.5 Å². The van der Waals surface area contributed by atoms with Gasteiger partial charge in [0.25, 0.3) is 0 Å². The molecule has 0 spiro atoms. The van der Waals surface area contributed by atoms with Crippen molar-refractivity contribution in [1.29, 1.82) is 0 Å². The van der Waals surface area contributed by atoms with E-state index in [-0.39, 0.29) is 11.7 Å². The number of anilines is 1. The monoisotopic (exact) mass is 333 g/mol. The van der Waals surface area contributed by atoms with Crippen LogP contribution in [0.3, 0.4) is 0 Å². The van der Waals surface area contributed by atoms with Crippen LogP contribution in [0.2, 0.25) is 0 Å². The highest BCUT2D eigenvalue weighted by Crippen LogP contribution is 2.41. The largest absolute Gasteiger partial charge is 0.325 e. The number of hydrogen-bond donors (Lipinski definition) is 1. The Balaban J connectivity index is 2.20. The molecule has 1 N–H and O–H groups in total. The predicted octanol–water partition coefficient (Wildman–Crippen LogP) is 3.76. The van der Waals surface area contributed by atoms with Crippen LogP contribution in [0.25, 0.3) is 11.1 Å². The van der Waals surface area contributed by atoms with Gasteiger partial charge in [-0.15, -0.1) is 0 Å². The number of hydrogen-bond acceptors (Lipinski definition) is 2. The first-order valence-corrected chi connectivity index (χ1v) is 6.72. The molecule has 1 amide bonds. The van der Waals surface area contributed by atoms with Crippen LogP contribution in [-0.2, 0) is 4.79 Å². The maximum Gasteiger partial charge on any atom is 0.221 e. The molecule has 3 rings (SSSR count). The van der Waals surface area contributed by atoms with Crippen LogP contribution >= 0.6 is 15.9 Å². The van der Waals surface area contributed by atoms with E-state index < -0.39 is 5.82 Å². The minimum absolute atomic E-state index is 0.223. The topological polar surface area (TPSA) is 46.2 Å². The average Bonchev–Trinajstić information content (AvgIpc) is 2.63. The van der Waals surface area contributed by atoms with E-state index in [9.17, 15) is 14.0 Å². The van der Waals surface area contributed by atoms with Crippen LogP contribution in [0.4, 0.5) is 10.1 Å². The summed E-state index contributed by atoms with van der Waals surface area (Å²) >= 11 is 3.36. The van der Waals surface area contributed by atoms with E-state index in [2.05, 4.69) is 21.2 Å². The summed E-state index contributed by atoms with van der Waals surface area (Å²) in [6, 6.07) is 7.54. The molecule has 100 valence electrons. The number of rotatable bonds is 1. The zero-order valence-corrected chi connectivity index (χ0v) is 12.0. The van der Waals surface area contributed by atoms with Gasteiger partial charge in [-0.3, -0.25) is 9.59 Å². The number of carbonyl (C=O) groups excluding carboxylic acids is 2. The van der Waals surface area contributed by atoms with Crippen molar-refractivity contribution < 1.29 is 14.0 Å². The molecule has 0 aliphatic heterocycles. The molecule has 0 unspecified atom stereocenters. The van der Waals surface area contributed by atoms with Crippen LogP contribution < -0.4 is 5.32 Å². The van der Waals surface area contributed by atoms with E-state index in [1.165, 1.54) is 19.1 Å². The summed E-state index contributed by atoms with van der Waals surface area (Å²) in [5.74, 6) is -0.890. The Hall–Kier alpha value is -2.01. The quantitative estimate of drug-likeness (QED) is 0.737.